The Balaban J connectivity index is 2.13. The summed E-state index contributed by atoms with van der Waals surface area (Å²) >= 11 is 0. The minimum absolute atomic E-state index is 0.0521. The summed E-state index contributed by atoms with van der Waals surface area (Å²) in [6.07, 6.45) is 5.74. The fourth-order valence-corrected chi connectivity index (χ4v) is 1.24. The summed E-state index contributed by atoms with van der Waals surface area (Å²) in [5.41, 5.74) is 0.568. The van der Waals surface area contributed by atoms with Crippen molar-refractivity contribution in [1.29, 1.82) is 0 Å². The summed E-state index contributed by atoms with van der Waals surface area (Å²) in [7, 11) is 3.44. The minimum Gasteiger partial charge on any atom is -0.489 e. The van der Waals surface area contributed by atoms with E-state index in [1.54, 1.807) is 32.6 Å². The molecule has 1 aliphatic carbocycles. The molecule has 1 heterocycles. The summed E-state index contributed by atoms with van der Waals surface area (Å²) in [5, 5.41) is 0. The molecule has 4 heteroatoms. The molecule has 1 saturated carbocycles. The van der Waals surface area contributed by atoms with Gasteiger partial charge in [-0.05, 0) is 18.9 Å². The van der Waals surface area contributed by atoms with E-state index < -0.39 is 0 Å². The summed E-state index contributed by atoms with van der Waals surface area (Å²) in [5.74, 6) is 0.633. The molecule has 0 saturated heterocycles. The van der Waals surface area contributed by atoms with E-state index in [4.69, 9.17) is 4.74 Å². The molecule has 0 atom stereocenters. The lowest BCUT2D eigenvalue weighted by Gasteiger charge is -2.10. The van der Waals surface area contributed by atoms with E-state index in [1.165, 1.54) is 4.90 Å². The molecule has 0 aliphatic heterocycles. The zero-order chi connectivity index (χ0) is 10.8. The lowest BCUT2D eigenvalue weighted by Crippen LogP contribution is -2.21. The third kappa shape index (κ3) is 2.46. The topological polar surface area (TPSA) is 42.4 Å². The van der Waals surface area contributed by atoms with Gasteiger partial charge in [0.15, 0.2) is 0 Å². The van der Waals surface area contributed by atoms with Crippen molar-refractivity contribution < 1.29 is 9.53 Å². The predicted molar refractivity (Wildman–Crippen MR) is 55.9 cm³/mol. The van der Waals surface area contributed by atoms with Gasteiger partial charge in [-0.2, -0.15) is 0 Å². The van der Waals surface area contributed by atoms with Gasteiger partial charge in [-0.25, -0.2) is 0 Å². The highest BCUT2D eigenvalue weighted by Crippen LogP contribution is 2.26. The monoisotopic (exact) mass is 206 g/mol. The first-order chi connectivity index (χ1) is 7.16. The van der Waals surface area contributed by atoms with Crippen molar-refractivity contribution >= 4 is 5.91 Å². The van der Waals surface area contributed by atoms with Gasteiger partial charge in [0.25, 0.3) is 5.91 Å². The molecule has 1 amide bonds. The van der Waals surface area contributed by atoms with Gasteiger partial charge < -0.3 is 9.64 Å². The van der Waals surface area contributed by atoms with Crippen LogP contribution in [-0.2, 0) is 0 Å². The van der Waals surface area contributed by atoms with E-state index in [0.717, 1.165) is 12.8 Å². The van der Waals surface area contributed by atoms with Crippen molar-refractivity contribution in [2.75, 3.05) is 14.1 Å². The second-order valence-corrected chi connectivity index (χ2v) is 3.93. The third-order valence-corrected chi connectivity index (χ3v) is 2.19. The summed E-state index contributed by atoms with van der Waals surface area (Å²) in [4.78, 5) is 17.2. The Morgan fingerprint density at radius 2 is 2.20 bits per heavy atom. The molecule has 0 bridgehead atoms. The molecule has 0 unspecified atom stereocenters. The first-order valence-electron chi connectivity index (χ1n) is 5.00. The summed E-state index contributed by atoms with van der Waals surface area (Å²) in [6.45, 7) is 0. The van der Waals surface area contributed by atoms with E-state index >= 15 is 0 Å². The minimum atomic E-state index is -0.0521. The molecule has 0 spiro atoms. The SMILES string of the molecule is CN(C)C(=O)c1cncc(OC2CC2)c1. The predicted octanol–water partition coefficient (Wildman–Crippen LogP) is 1.32. The van der Waals surface area contributed by atoms with Gasteiger partial charge in [0.1, 0.15) is 5.75 Å². The highest BCUT2D eigenvalue weighted by Gasteiger charge is 2.23. The van der Waals surface area contributed by atoms with Crippen molar-refractivity contribution in [2.24, 2.45) is 0 Å². The molecule has 0 radical (unpaired) electrons. The Morgan fingerprint density at radius 3 is 2.80 bits per heavy atom. The Labute approximate surface area is 88.9 Å². The average molecular weight is 206 g/mol. The van der Waals surface area contributed by atoms with Gasteiger partial charge in [0.2, 0.25) is 0 Å². The number of hydrogen-bond acceptors (Lipinski definition) is 3. The van der Waals surface area contributed by atoms with E-state index in [0.29, 0.717) is 17.4 Å². The maximum Gasteiger partial charge on any atom is 0.255 e. The van der Waals surface area contributed by atoms with Crippen LogP contribution in [0.15, 0.2) is 18.5 Å². The van der Waals surface area contributed by atoms with Gasteiger partial charge in [-0.3, -0.25) is 9.78 Å². The quantitative estimate of drug-likeness (QED) is 0.749. The van der Waals surface area contributed by atoms with Gasteiger partial charge >= 0.3 is 0 Å². The molecule has 1 fully saturated rings. The molecule has 1 aliphatic rings. The number of aromatic nitrogens is 1. The zero-order valence-electron chi connectivity index (χ0n) is 8.93. The lowest BCUT2D eigenvalue weighted by molar-refractivity contribution is 0.0826. The number of ether oxygens (including phenoxy) is 1. The molecule has 4 nitrogen and oxygen atoms in total. The Kier molecular flexibility index (Phi) is 2.58. The second kappa shape index (κ2) is 3.88. The van der Waals surface area contributed by atoms with Crippen LogP contribution >= 0.6 is 0 Å². The van der Waals surface area contributed by atoms with E-state index in [9.17, 15) is 4.79 Å². The summed E-state index contributed by atoms with van der Waals surface area (Å²) < 4.78 is 5.56. The second-order valence-electron chi connectivity index (χ2n) is 3.93. The van der Waals surface area contributed by atoms with Crippen molar-refractivity contribution in [2.45, 2.75) is 18.9 Å². The van der Waals surface area contributed by atoms with Crippen molar-refractivity contribution in [3.8, 4) is 5.75 Å². The maximum atomic E-state index is 11.6. The molecule has 15 heavy (non-hydrogen) atoms. The van der Waals surface area contributed by atoms with Crippen LogP contribution in [0.3, 0.4) is 0 Å². The van der Waals surface area contributed by atoms with E-state index in [-0.39, 0.29) is 5.91 Å². The smallest absolute Gasteiger partial charge is 0.255 e. The molecule has 0 N–H and O–H groups in total. The van der Waals surface area contributed by atoms with E-state index in [2.05, 4.69) is 4.98 Å². The van der Waals surface area contributed by atoms with Crippen LogP contribution in [0.25, 0.3) is 0 Å². The van der Waals surface area contributed by atoms with Gasteiger partial charge in [-0.1, -0.05) is 0 Å². The molecule has 2 rings (SSSR count). The highest BCUT2D eigenvalue weighted by atomic mass is 16.5. The first-order valence-corrected chi connectivity index (χ1v) is 5.00. The van der Waals surface area contributed by atoms with Crippen LogP contribution in [0.5, 0.6) is 5.75 Å². The molecule has 1 aromatic heterocycles. The number of amides is 1. The number of nitrogens with zero attached hydrogens (tertiary/aromatic N) is 2. The van der Waals surface area contributed by atoms with Crippen LogP contribution in [0.2, 0.25) is 0 Å². The number of rotatable bonds is 3. The average Bonchev–Trinajstić information content (AvgIpc) is 3.01. The Hall–Kier alpha value is -1.58. The van der Waals surface area contributed by atoms with Crippen LogP contribution in [0.1, 0.15) is 23.2 Å². The van der Waals surface area contributed by atoms with Crippen LogP contribution in [-0.4, -0.2) is 36.0 Å². The molecular weight excluding hydrogens is 192 g/mol. The van der Waals surface area contributed by atoms with Crippen molar-refractivity contribution in [1.82, 2.24) is 9.88 Å². The van der Waals surface area contributed by atoms with Gasteiger partial charge in [-0.15, -0.1) is 0 Å². The van der Waals surface area contributed by atoms with Crippen molar-refractivity contribution in [3.05, 3.63) is 24.0 Å². The normalized spacial score (nSPS) is 14.8. The van der Waals surface area contributed by atoms with Crippen LogP contribution < -0.4 is 4.74 Å². The van der Waals surface area contributed by atoms with Gasteiger partial charge in [0.05, 0.1) is 17.9 Å². The fourth-order valence-electron chi connectivity index (χ4n) is 1.24. The first kappa shape index (κ1) is 9.96. The number of carbonyl (C=O) groups is 1. The molecular formula is C11H14N2O2. The van der Waals surface area contributed by atoms with Crippen molar-refractivity contribution in [3.63, 3.8) is 0 Å². The van der Waals surface area contributed by atoms with Crippen LogP contribution in [0.4, 0.5) is 0 Å². The largest absolute Gasteiger partial charge is 0.489 e. The van der Waals surface area contributed by atoms with Crippen LogP contribution in [0, 0.1) is 0 Å². The standard InChI is InChI=1S/C11H14N2O2/c1-13(2)11(14)8-5-10(7-12-6-8)15-9-3-4-9/h5-7,9H,3-4H2,1-2H3. The Bertz CT molecular complexity index is 373. The molecule has 0 aromatic carbocycles. The number of hydrogen-bond donors (Lipinski definition) is 0. The highest BCUT2D eigenvalue weighted by molar-refractivity contribution is 5.93. The zero-order valence-corrected chi connectivity index (χ0v) is 8.93. The fraction of sp³-hybridized carbons (Fsp3) is 0.455. The molecule has 80 valence electrons. The Morgan fingerprint density at radius 1 is 1.47 bits per heavy atom. The van der Waals surface area contributed by atoms with E-state index in [1.807, 2.05) is 0 Å². The number of carbonyl (C=O) groups excluding carboxylic acids is 1. The third-order valence-electron chi connectivity index (χ3n) is 2.19. The lowest BCUT2D eigenvalue weighted by atomic mass is 10.2. The molecule has 1 aromatic rings. The maximum absolute atomic E-state index is 11.6. The number of pyridine rings is 1. The van der Waals surface area contributed by atoms with Gasteiger partial charge in [0, 0.05) is 20.3 Å². The summed E-state index contributed by atoms with van der Waals surface area (Å²) in [6, 6.07) is 1.74.